The number of nitrogens with one attached hydrogen (secondary N) is 3. The van der Waals surface area contributed by atoms with Gasteiger partial charge in [-0.3, -0.25) is 14.4 Å². The number of amides is 3. The Morgan fingerprint density at radius 1 is 0.641 bits per heavy atom. The zero-order valence-electron chi connectivity index (χ0n) is 21.2. The monoisotopic (exact) mass is 521 g/mol. The first-order chi connectivity index (χ1) is 19.0. The highest BCUT2D eigenvalue weighted by Crippen LogP contribution is 2.19. The summed E-state index contributed by atoms with van der Waals surface area (Å²) >= 11 is 0. The number of esters is 1. The van der Waals surface area contributed by atoms with Crippen molar-refractivity contribution in [1.82, 2.24) is 5.32 Å². The predicted molar refractivity (Wildman–Crippen MR) is 149 cm³/mol. The lowest BCUT2D eigenvalue weighted by Gasteiger charge is -2.20. The van der Waals surface area contributed by atoms with Gasteiger partial charge in [0.2, 0.25) is 5.91 Å². The molecule has 0 saturated heterocycles. The van der Waals surface area contributed by atoms with Crippen LogP contribution >= 0.6 is 0 Å². The van der Waals surface area contributed by atoms with Gasteiger partial charge in [0.1, 0.15) is 6.04 Å². The molecule has 4 aromatic rings. The highest BCUT2D eigenvalue weighted by Gasteiger charge is 2.25. The van der Waals surface area contributed by atoms with Crippen LogP contribution in [-0.2, 0) is 16.0 Å². The summed E-state index contributed by atoms with van der Waals surface area (Å²) in [5.41, 5.74) is 2.22. The summed E-state index contributed by atoms with van der Waals surface area (Å²) in [4.78, 5) is 51.8. The molecule has 0 bridgehead atoms. The number of methoxy groups -OCH3 is 1. The fourth-order valence-corrected chi connectivity index (χ4v) is 3.97. The first kappa shape index (κ1) is 26.8. The molecule has 4 aromatic carbocycles. The molecule has 8 heteroatoms. The zero-order valence-corrected chi connectivity index (χ0v) is 21.2. The van der Waals surface area contributed by atoms with E-state index in [2.05, 4.69) is 16.0 Å². The third kappa shape index (κ3) is 6.95. The predicted octanol–water partition coefficient (Wildman–Crippen LogP) is 4.71. The van der Waals surface area contributed by atoms with Crippen LogP contribution in [0.3, 0.4) is 0 Å². The highest BCUT2D eigenvalue weighted by atomic mass is 16.5. The first-order valence-corrected chi connectivity index (χ1v) is 12.2. The van der Waals surface area contributed by atoms with E-state index in [1.807, 2.05) is 30.3 Å². The van der Waals surface area contributed by atoms with Gasteiger partial charge in [0.25, 0.3) is 11.8 Å². The Labute approximate surface area is 226 Å². The van der Waals surface area contributed by atoms with E-state index in [-0.39, 0.29) is 29.1 Å². The van der Waals surface area contributed by atoms with Gasteiger partial charge < -0.3 is 20.7 Å². The van der Waals surface area contributed by atoms with E-state index in [1.54, 1.807) is 72.8 Å². The molecule has 0 aromatic heterocycles. The molecule has 0 aliphatic heterocycles. The highest BCUT2D eigenvalue weighted by molar-refractivity contribution is 6.10. The molecule has 0 aliphatic carbocycles. The maximum absolute atomic E-state index is 13.4. The summed E-state index contributed by atoms with van der Waals surface area (Å²) in [5, 5.41) is 8.32. The molecule has 0 radical (unpaired) electrons. The Hall–Kier alpha value is -5.24. The van der Waals surface area contributed by atoms with Crippen molar-refractivity contribution < 1.29 is 23.9 Å². The number of ether oxygens (including phenoxy) is 1. The minimum atomic E-state index is -0.997. The average molecular weight is 522 g/mol. The number of hydrogen-bond donors (Lipinski definition) is 3. The van der Waals surface area contributed by atoms with Crippen LogP contribution in [-0.4, -0.2) is 36.8 Å². The molecule has 39 heavy (non-hydrogen) atoms. The Kier molecular flexibility index (Phi) is 8.82. The number of benzene rings is 4. The van der Waals surface area contributed by atoms with Gasteiger partial charge in [-0.25, -0.2) is 4.79 Å². The van der Waals surface area contributed by atoms with Crippen molar-refractivity contribution in [3.8, 4) is 0 Å². The van der Waals surface area contributed by atoms with Crippen LogP contribution in [0.1, 0.15) is 36.6 Å². The lowest BCUT2D eigenvalue weighted by atomic mass is 10.0. The molecular formula is C31H27N3O5. The van der Waals surface area contributed by atoms with Gasteiger partial charge in [-0.1, -0.05) is 72.8 Å². The second-order valence-electron chi connectivity index (χ2n) is 8.61. The second kappa shape index (κ2) is 12.8. The summed E-state index contributed by atoms with van der Waals surface area (Å²) < 4.78 is 4.82. The number of rotatable bonds is 9. The van der Waals surface area contributed by atoms with Gasteiger partial charge in [0.15, 0.2) is 0 Å². The molecule has 0 spiro atoms. The molecule has 4 rings (SSSR count). The van der Waals surface area contributed by atoms with Crippen LogP contribution in [0.4, 0.5) is 11.4 Å². The van der Waals surface area contributed by atoms with Crippen LogP contribution < -0.4 is 16.0 Å². The lowest BCUT2D eigenvalue weighted by molar-refractivity contribution is -0.118. The van der Waals surface area contributed by atoms with E-state index in [1.165, 1.54) is 13.2 Å². The van der Waals surface area contributed by atoms with E-state index in [0.29, 0.717) is 11.3 Å². The minimum absolute atomic E-state index is 0.187. The summed E-state index contributed by atoms with van der Waals surface area (Å²) in [7, 11) is 1.26. The third-order valence-corrected chi connectivity index (χ3v) is 5.95. The number of para-hydroxylation sites is 2. The Balaban J connectivity index is 1.58. The molecule has 3 N–H and O–H groups in total. The normalized spacial score (nSPS) is 11.1. The number of carbonyl (C=O) groups excluding carboxylic acids is 4. The molecule has 0 fully saturated rings. The van der Waals surface area contributed by atoms with Crippen LogP contribution in [0.5, 0.6) is 0 Å². The van der Waals surface area contributed by atoms with Crippen molar-refractivity contribution in [3.05, 3.63) is 131 Å². The third-order valence-electron chi connectivity index (χ3n) is 5.95. The Bertz CT molecular complexity index is 1470. The van der Waals surface area contributed by atoms with Crippen molar-refractivity contribution in [2.24, 2.45) is 0 Å². The molecule has 0 aliphatic rings. The van der Waals surface area contributed by atoms with Gasteiger partial charge >= 0.3 is 5.97 Å². The van der Waals surface area contributed by atoms with Crippen molar-refractivity contribution in [2.45, 2.75) is 12.5 Å². The van der Waals surface area contributed by atoms with Gasteiger partial charge in [-0.2, -0.15) is 0 Å². The fourth-order valence-electron chi connectivity index (χ4n) is 3.97. The van der Waals surface area contributed by atoms with Gasteiger partial charge in [-0.15, -0.1) is 0 Å². The van der Waals surface area contributed by atoms with E-state index in [9.17, 15) is 19.2 Å². The second-order valence-corrected chi connectivity index (χ2v) is 8.61. The molecule has 196 valence electrons. The zero-order chi connectivity index (χ0) is 27.6. The Morgan fingerprint density at radius 3 is 1.82 bits per heavy atom. The first-order valence-electron chi connectivity index (χ1n) is 12.2. The summed E-state index contributed by atoms with van der Waals surface area (Å²) in [6.07, 6.45) is 0.192. The fraction of sp³-hybridized carbons (Fsp3) is 0.0968. The van der Waals surface area contributed by atoms with Crippen molar-refractivity contribution in [2.75, 3.05) is 17.7 Å². The van der Waals surface area contributed by atoms with Gasteiger partial charge in [-0.05, 0) is 42.0 Å². The average Bonchev–Trinajstić information content (AvgIpc) is 2.98. The Morgan fingerprint density at radius 2 is 1.18 bits per heavy atom. The van der Waals surface area contributed by atoms with Gasteiger partial charge in [0.05, 0.1) is 29.6 Å². The largest absolute Gasteiger partial charge is 0.465 e. The van der Waals surface area contributed by atoms with Crippen LogP contribution in [0.2, 0.25) is 0 Å². The van der Waals surface area contributed by atoms with Gasteiger partial charge in [0, 0.05) is 12.0 Å². The topological polar surface area (TPSA) is 114 Å². The number of carbonyl (C=O) groups is 4. The molecule has 8 nitrogen and oxygen atoms in total. The minimum Gasteiger partial charge on any atom is -0.465 e. The molecular weight excluding hydrogens is 494 g/mol. The SMILES string of the molecule is COC(=O)c1ccccc1NC(=O)C(Cc1ccccc1)NC(=O)c1ccccc1NC(=O)c1ccccc1. The standard InChI is InChI=1S/C31H27N3O5/c1-39-31(38)24-17-9-11-19-26(24)33-30(37)27(20-21-12-4-2-5-13-21)34-29(36)23-16-8-10-18-25(23)32-28(35)22-14-6-3-7-15-22/h2-19,27H,20H2,1H3,(H,32,35)(H,33,37)(H,34,36). The van der Waals surface area contributed by atoms with Crippen LogP contribution in [0, 0.1) is 0 Å². The van der Waals surface area contributed by atoms with E-state index >= 15 is 0 Å². The van der Waals surface area contributed by atoms with Crippen molar-refractivity contribution >= 4 is 35.1 Å². The van der Waals surface area contributed by atoms with Crippen LogP contribution in [0.25, 0.3) is 0 Å². The lowest BCUT2D eigenvalue weighted by Crippen LogP contribution is -2.45. The molecule has 1 atom stereocenters. The smallest absolute Gasteiger partial charge is 0.339 e. The van der Waals surface area contributed by atoms with E-state index < -0.39 is 23.8 Å². The molecule has 1 unspecified atom stereocenters. The number of anilines is 2. The maximum atomic E-state index is 13.4. The van der Waals surface area contributed by atoms with Crippen molar-refractivity contribution in [3.63, 3.8) is 0 Å². The summed E-state index contributed by atoms with van der Waals surface area (Å²) in [6.45, 7) is 0. The van der Waals surface area contributed by atoms with E-state index in [0.717, 1.165) is 5.56 Å². The molecule has 3 amide bonds. The summed E-state index contributed by atoms with van der Waals surface area (Å²) in [6, 6.07) is 29.9. The summed E-state index contributed by atoms with van der Waals surface area (Å²) in [5.74, 6) is -2.03. The van der Waals surface area contributed by atoms with E-state index in [4.69, 9.17) is 4.74 Å². The number of hydrogen-bond acceptors (Lipinski definition) is 5. The maximum Gasteiger partial charge on any atom is 0.339 e. The van der Waals surface area contributed by atoms with Crippen LogP contribution in [0.15, 0.2) is 109 Å². The molecule has 0 heterocycles. The quantitative estimate of drug-likeness (QED) is 0.276. The van der Waals surface area contributed by atoms with Crippen molar-refractivity contribution in [1.29, 1.82) is 0 Å². The molecule has 0 saturated carbocycles.